The van der Waals surface area contributed by atoms with Crippen LogP contribution in [0.15, 0.2) is 24.3 Å². The standard InChI is InChI=1S/C15H24N2O.ClH/c1-4-18-15-7-5-14(6-8-15)11-17-10-12(2)16-9-13(17)3;/h5-8,12-13,16H,4,9-11H2,1-3H3;1H. The Hall–Kier alpha value is -0.770. The van der Waals surface area contributed by atoms with E-state index in [1.54, 1.807) is 0 Å². The van der Waals surface area contributed by atoms with Gasteiger partial charge in [-0.3, -0.25) is 4.90 Å². The summed E-state index contributed by atoms with van der Waals surface area (Å²) in [4.78, 5) is 2.54. The molecule has 0 radical (unpaired) electrons. The Bertz CT molecular complexity index is 369. The van der Waals surface area contributed by atoms with Crippen LogP contribution in [0.5, 0.6) is 5.75 Å². The zero-order valence-electron chi connectivity index (χ0n) is 12.1. The monoisotopic (exact) mass is 284 g/mol. The second-order valence-electron chi connectivity index (χ2n) is 5.16. The maximum absolute atomic E-state index is 5.47. The molecule has 1 heterocycles. The molecule has 0 aromatic heterocycles. The molecule has 1 N–H and O–H groups in total. The molecule has 1 aliphatic rings. The Kier molecular flexibility index (Phi) is 6.63. The lowest BCUT2D eigenvalue weighted by atomic mass is 10.1. The molecule has 1 fully saturated rings. The van der Waals surface area contributed by atoms with Crippen molar-refractivity contribution in [1.82, 2.24) is 10.2 Å². The zero-order valence-corrected chi connectivity index (χ0v) is 12.9. The highest BCUT2D eigenvalue weighted by atomic mass is 35.5. The summed E-state index contributed by atoms with van der Waals surface area (Å²) < 4.78 is 5.47. The number of nitrogens with one attached hydrogen (secondary N) is 1. The predicted molar refractivity (Wildman–Crippen MR) is 82.2 cm³/mol. The third-order valence-electron chi connectivity index (χ3n) is 3.51. The number of piperazine rings is 1. The van der Waals surface area contributed by atoms with Crippen LogP contribution in [0.25, 0.3) is 0 Å². The summed E-state index contributed by atoms with van der Waals surface area (Å²) in [5.41, 5.74) is 1.36. The van der Waals surface area contributed by atoms with Gasteiger partial charge in [-0.15, -0.1) is 12.4 Å². The summed E-state index contributed by atoms with van der Waals surface area (Å²) in [6.07, 6.45) is 0. The second-order valence-corrected chi connectivity index (χ2v) is 5.16. The maximum atomic E-state index is 5.47. The van der Waals surface area contributed by atoms with Gasteiger partial charge in [0.15, 0.2) is 0 Å². The van der Waals surface area contributed by atoms with E-state index in [4.69, 9.17) is 4.74 Å². The first-order valence-electron chi connectivity index (χ1n) is 6.88. The van der Waals surface area contributed by atoms with Crippen LogP contribution in [-0.4, -0.2) is 36.7 Å². The Morgan fingerprint density at radius 2 is 1.95 bits per heavy atom. The molecular formula is C15H25ClN2O. The minimum Gasteiger partial charge on any atom is -0.494 e. The molecule has 19 heavy (non-hydrogen) atoms. The normalized spacial score (nSPS) is 23.7. The van der Waals surface area contributed by atoms with E-state index in [1.807, 2.05) is 6.92 Å². The first-order valence-corrected chi connectivity index (χ1v) is 6.88. The van der Waals surface area contributed by atoms with Crippen LogP contribution in [0.4, 0.5) is 0 Å². The zero-order chi connectivity index (χ0) is 13.0. The molecule has 1 aromatic carbocycles. The summed E-state index contributed by atoms with van der Waals surface area (Å²) in [6.45, 7) is 10.5. The Labute approximate surface area is 122 Å². The lowest BCUT2D eigenvalue weighted by Crippen LogP contribution is -2.53. The van der Waals surface area contributed by atoms with E-state index < -0.39 is 0 Å². The molecule has 2 atom stereocenters. The minimum atomic E-state index is 0. The highest BCUT2D eigenvalue weighted by Gasteiger charge is 2.21. The Balaban J connectivity index is 0.00000180. The summed E-state index contributed by atoms with van der Waals surface area (Å²) >= 11 is 0. The molecule has 1 aromatic rings. The van der Waals surface area contributed by atoms with Gasteiger partial charge in [-0.05, 0) is 38.5 Å². The fourth-order valence-electron chi connectivity index (χ4n) is 2.41. The second kappa shape index (κ2) is 7.73. The van der Waals surface area contributed by atoms with E-state index in [-0.39, 0.29) is 12.4 Å². The van der Waals surface area contributed by atoms with Crippen LogP contribution in [0.1, 0.15) is 26.3 Å². The highest BCUT2D eigenvalue weighted by molar-refractivity contribution is 5.85. The predicted octanol–water partition coefficient (Wildman–Crippen LogP) is 2.69. The number of hydrogen-bond donors (Lipinski definition) is 1. The molecule has 1 aliphatic heterocycles. The summed E-state index contributed by atoms with van der Waals surface area (Å²) in [5, 5.41) is 3.51. The van der Waals surface area contributed by atoms with Gasteiger partial charge in [0.1, 0.15) is 5.75 Å². The lowest BCUT2D eigenvalue weighted by molar-refractivity contribution is 0.139. The summed E-state index contributed by atoms with van der Waals surface area (Å²) in [5.74, 6) is 0.961. The molecule has 1 saturated heterocycles. The number of halogens is 1. The molecule has 4 heteroatoms. The SMILES string of the molecule is CCOc1ccc(CN2CC(C)NCC2C)cc1.Cl. The fraction of sp³-hybridized carbons (Fsp3) is 0.600. The van der Waals surface area contributed by atoms with Crippen molar-refractivity contribution < 1.29 is 4.74 Å². The smallest absolute Gasteiger partial charge is 0.119 e. The van der Waals surface area contributed by atoms with E-state index in [0.29, 0.717) is 12.1 Å². The highest BCUT2D eigenvalue weighted by Crippen LogP contribution is 2.16. The number of benzene rings is 1. The fourth-order valence-corrected chi connectivity index (χ4v) is 2.41. The number of rotatable bonds is 4. The summed E-state index contributed by atoms with van der Waals surface area (Å²) in [7, 11) is 0. The first-order chi connectivity index (χ1) is 8.69. The van der Waals surface area contributed by atoms with Crippen LogP contribution in [0, 0.1) is 0 Å². The largest absolute Gasteiger partial charge is 0.494 e. The minimum absolute atomic E-state index is 0. The van der Waals surface area contributed by atoms with Crippen molar-refractivity contribution >= 4 is 12.4 Å². The topological polar surface area (TPSA) is 24.5 Å². The van der Waals surface area contributed by atoms with Crippen molar-refractivity contribution in [3.8, 4) is 5.75 Å². The molecule has 108 valence electrons. The first kappa shape index (κ1) is 16.3. The van der Waals surface area contributed by atoms with Gasteiger partial charge < -0.3 is 10.1 Å². The Morgan fingerprint density at radius 1 is 1.26 bits per heavy atom. The van der Waals surface area contributed by atoms with E-state index in [2.05, 4.69) is 48.3 Å². The third-order valence-corrected chi connectivity index (χ3v) is 3.51. The molecule has 3 nitrogen and oxygen atoms in total. The van der Waals surface area contributed by atoms with Gasteiger partial charge in [-0.2, -0.15) is 0 Å². The quantitative estimate of drug-likeness (QED) is 0.920. The molecule has 0 spiro atoms. The van der Waals surface area contributed by atoms with Gasteiger partial charge in [0.2, 0.25) is 0 Å². The average Bonchev–Trinajstić information content (AvgIpc) is 2.37. The lowest BCUT2D eigenvalue weighted by Gasteiger charge is -2.37. The van der Waals surface area contributed by atoms with Crippen LogP contribution >= 0.6 is 12.4 Å². The van der Waals surface area contributed by atoms with Crippen LogP contribution in [-0.2, 0) is 6.54 Å². The van der Waals surface area contributed by atoms with Crippen molar-refractivity contribution in [3.05, 3.63) is 29.8 Å². The number of nitrogens with zero attached hydrogens (tertiary/aromatic N) is 1. The van der Waals surface area contributed by atoms with Crippen LogP contribution < -0.4 is 10.1 Å². The molecule has 0 amide bonds. The van der Waals surface area contributed by atoms with Gasteiger partial charge in [-0.1, -0.05) is 12.1 Å². The molecule has 2 unspecified atom stereocenters. The summed E-state index contributed by atoms with van der Waals surface area (Å²) in [6, 6.07) is 9.66. The molecule has 0 aliphatic carbocycles. The van der Waals surface area contributed by atoms with E-state index >= 15 is 0 Å². The molecule has 0 bridgehead atoms. The van der Waals surface area contributed by atoms with Crippen molar-refractivity contribution in [2.24, 2.45) is 0 Å². The van der Waals surface area contributed by atoms with E-state index in [1.165, 1.54) is 5.56 Å². The van der Waals surface area contributed by atoms with Gasteiger partial charge in [0.05, 0.1) is 6.61 Å². The number of ether oxygens (including phenoxy) is 1. The van der Waals surface area contributed by atoms with Crippen molar-refractivity contribution in [3.63, 3.8) is 0 Å². The van der Waals surface area contributed by atoms with Gasteiger partial charge in [-0.25, -0.2) is 0 Å². The molecular weight excluding hydrogens is 260 g/mol. The van der Waals surface area contributed by atoms with Gasteiger partial charge >= 0.3 is 0 Å². The molecule has 0 saturated carbocycles. The number of hydrogen-bond acceptors (Lipinski definition) is 3. The van der Waals surface area contributed by atoms with Crippen LogP contribution in [0.2, 0.25) is 0 Å². The van der Waals surface area contributed by atoms with E-state index in [0.717, 1.165) is 32.0 Å². The average molecular weight is 285 g/mol. The van der Waals surface area contributed by atoms with Crippen molar-refractivity contribution in [2.45, 2.75) is 39.4 Å². The Morgan fingerprint density at radius 3 is 2.58 bits per heavy atom. The maximum Gasteiger partial charge on any atom is 0.119 e. The van der Waals surface area contributed by atoms with Gasteiger partial charge in [0, 0.05) is 31.7 Å². The van der Waals surface area contributed by atoms with Gasteiger partial charge in [0.25, 0.3) is 0 Å². The van der Waals surface area contributed by atoms with Crippen molar-refractivity contribution in [1.29, 1.82) is 0 Å². The molecule has 2 rings (SSSR count). The van der Waals surface area contributed by atoms with Crippen LogP contribution in [0.3, 0.4) is 0 Å². The third kappa shape index (κ3) is 4.68. The van der Waals surface area contributed by atoms with E-state index in [9.17, 15) is 0 Å². The van der Waals surface area contributed by atoms with Crippen molar-refractivity contribution in [2.75, 3.05) is 19.7 Å².